The standard InChI is InChI=1S/C36H46O7/c1-4-5-6-7-8-9-10-11-12-13-14-15-26-41-30-19-16-28(17-20-30)35(37)42-31-21-23-32(24-22-31)43-36(38)29-18-25-33(39-2)34(27-29)40-3/h16-25,27H,4-15,26H2,1-3H3. The van der Waals surface area contributed by atoms with Crippen molar-refractivity contribution < 1.29 is 33.3 Å². The first kappa shape index (κ1) is 33.5. The lowest BCUT2D eigenvalue weighted by atomic mass is 10.1. The number of esters is 2. The van der Waals surface area contributed by atoms with Gasteiger partial charge in [0, 0.05) is 0 Å². The van der Waals surface area contributed by atoms with E-state index in [2.05, 4.69) is 6.92 Å². The first-order chi connectivity index (χ1) is 21.0. The van der Waals surface area contributed by atoms with E-state index in [4.69, 9.17) is 23.7 Å². The summed E-state index contributed by atoms with van der Waals surface area (Å²) < 4.78 is 27.2. The molecule has 0 bridgehead atoms. The molecule has 7 heteroatoms. The van der Waals surface area contributed by atoms with Crippen LogP contribution in [0.5, 0.6) is 28.7 Å². The number of unbranched alkanes of at least 4 members (excludes halogenated alkanes) is 11. The molecule has 0 aliphatic carbocycles. The molecule has 0 aliphatic heterocycles. The summed E-state index contributed by atoms with van der Waals surface area (Å²) >= 11 is 0. The Labute approximate surface area is 256 Å². The predicted molar refractivity (Wildman–Crippen MR) is 169 cm³/mol. The minimum Gasteiger partial charge on any atom is -0.494 e. The van der Waals surface area contributed by atoms with Gasteiger partial charge in [-0.25, -0.2) is 9.59 Å². The first-order valence-electron chi connectivity index (χ1n) is 15.5. The van der Waals surface area contributed by atoms with Crippen LogP contribution in [0.1, 0.15) is 105 Å². The van der Waals surface area contributed by atoms with E-state index in [1.807, 2.05) is 0 Å². The Balaban J connectivity index is 1.32. The van der Waals surface area contributed by atoms with Crippen LogP contribution in [0.25, 0.3) is 0 Å². The summed E-state index contributed by atoms with van der Waals surface area (Å²) in [6, 6.07) is 18.0. The molecule has 3 aromatic carbocycles. The summed E-state index contributed by atoms with van der Waals surface area (Å²) in [7, 11) is 3.02. The van der Waals surface area contributed by atoms with Crippen LogP contribution in [0.15, 0.2) is 66.7 Å². The Bertz CT molecular complexity index is 1240. The van der Waals surface area contributed by atoms with Crippen molar-refractivity contribution in [1.82, 2.24) is 0 Å². The summed E-state index contributed by atoms with van der Waals surface area (Å²) in [5.74, 6) is 1.30. The maximum atomic E-state index is 12.6. The molecule has 0 fully saturated rings. The average Bonchev–Trinajstić information content (AvgIpc) is 3.04. The number of hydrogen-bond donors (Lipinski definition) is 0. The molecule has 0 spiro atoms. The molecule has 0 unspecified atom stereocenters. The zero-order valence-electron chi connectivity index (χ0n) is 25.9. The summed E-state index contributed by atoms with van der Waals surface area (Å²) in [5, 5.41) is 0. The Morgan fingerprint density at radius 3 is 1.47 bits per heavy atom. The quantitative estimate of drug-likeness (QED) is 0.0737. The molecule has 7 nitrogen and oxygen atoms in total. The zero-order chi connectivity index (χ0) is 30.7. The molecule has 0 amide bonds. The molecule has 0 saturated carbocycles. The Morgan fingerprint density at radius 1 is 0.512 bits per heavy atom. The van der Waals surface area contributed by atoms with Crippen LogP contribution >= 0.6 is 0 Å². The minimum atomic E-state index is -0.549. The highest BCUT2D eigenvalue weighted by atomic mass is 16.5. The third-order valence-corrected chi connectivity index (χ3v) is 7.22. The predicted octanol–water partition coefficient (Wildman–Crippen LogP) is 9.22. The molecule has 0 radical (unpaired) electrons. The van der Waals surface area contributed by atoms with Gasteiger partial charge in [-0.3, -0.25) is 0 Å². The van der Waals surface area contributed by atoms with Crippen molar-refractivity contribution in [2.75, 3.05) is 20.8 Å². The summed E-state index contributed by atoms with van der Waals surface area (Å²) in [5.41, 5.74) is 0.733. The van der Waals surface area contributed by atoms with E-state index in [-0.39, 0.29) is 0 Å². The minimum absolute atomic E-state index is 0.314. The molecule has 0 heterocycles. The number of rotatable bonds is 20. The van der Waals surface area contributed by atoms with Gasteiger partial charge in [-0.1, -0.05) is 77.6 Å². The van der Waals surface area contributed by atoms with Gasteiger partial charge in [0.15, 0.2) is 11.5 Å². The van der Waals surface area contributed by atoms with Crippen LogP contribution in [0.3, 0.4) is 0 Å². The number of carbonyl (C=O) groups excluding carboxylic acids is 2. The van der Waals surface area contributed by atoms with Gasteiger partial charge in [0.05, 0.1) is 32.0 Å². The van der Waals surface area contributed by atoms with Gasteiger partial charge in [-0.15, -0.1) is 0 Å². The van der Waals surface area contributed by atoms with E-state index in [1.54, 1.807) is 66.7 Å². The maximum Gasteiger partial charge on any atom is 0.343 e. The van der Waals surface area contributed by atoms with E-state index in [0.717, 1.165) is 12.2 Å². The van der Waals surface area contributed by atoms with E-state index >= 15 is 0 Å². The van der Waals surface area contributed by atoms with Crippen LogP contribution in [0, 0.1) is 0 Å². The molecule has 0 aromatic heterocycles. The number of carbonyl (C=O) groups is 2. The van der Waals surface area contributed by atoms with E-state index in [0.29, 0.717) is 40.7 Å². The molecule has 43 heavy (non-hydrogen) atoms. The van der Waals surface area contributed by atoms with E-state index in [1.165, 1.54) is 84.8 Å². The fraction of sp³-hybridized carbons (Fsp3) is 0.444. The molecular weight excluding hydrogens is 544 g/mol. The highest BCUT2D eigenvalue weighted by molar-refractivity contribution is 5.92. The Kier molecular flexibility index (Phi) is 15.0. The van der Waals surface area contributed by atoms with Crippen molar-refractivity contribution in [2.45, 2.75) is 84.0 Å². The highest BCUT2D eigenvalue weighted by Crippen LogP contribution is 2.28. The molecule has 0 N–H and O–H groups in total. The lowest BCUT2D eigenvalue weighted by Gasteiger charge is -2.10. The van der Waals surface area contributed by atoms with Crippen molar-refractivity contribution in [2.24, 2.45) is 0 Å². The molecular formula is C36H46O7. The molecule has 232 valence electrons. The first-order valence-corrected chi connectivity index (χ1v) is 15.5. The van der Waals surface area contributed by atoms with Crippen molar-refractivity contribution in [3.8, 4) is 28.7 Å². The number of benzene rings is 3. The summed E-state index contributed by atoms with van der Waals surface area (Å²) in [6.07, 6.45) is 15.7. The highest BCUT2D eigenvalue weighted by Gasteiger charge is 2.14. The van der Waals surface area contributed by atoms with Gasteiger partial charge in [0.2, 0.25) is 0 Å². The van der Waals surface area contributed by atoms with Crippen LogP contribution in [-0.2, 0) is 0 Å². The average molecular weight is 591 g/mol. The van der Waals surface area contributed by atoms with Gasteiger partial charge in [-0.05, 0) is 73.2 Å². The molecule has 0 atom stereocenters. The third-order valence-electron chi connectivity index (χ3n) is 7.22. The fourth-order valence-corrected chi connectivity index (χ4v) is 4.69. The van der Waals surface area contributed by atoms with Crippen molar-refractivity contribution >= 4 is 11.9 Å². The van der Waals surface area contributed by atoms with Gasteiger partial charge in [-0.2, -0.15) is 0 Å². The second-order valence-corrected chi connectivity index (χ2v) is 10.6. The molecule has 3 rings (SSSR count). The van der Waals surface area contributed by atoms with Crippen LogP contribution in [0.2, 0.25) is 0 Å². The van der Waals surface area contributed by atoms with Crippen molar-refractivity contribution in [3.05, 3.63) is 77.9 Å². The smallest absolute Gasteiger partial charge is 0.343 e. The van der Waals surface area contributed by atoms with Crippen LogP contribution < -0.4 is 23.7 Å². The Morgan fingerprint density at radius 2 is 0.953 bits per heavy atom. The number of methoxy groups -OCH3 is 2. The van der Waals surface area contributed by atoms with Gasteiger partial charge >= 0.3 is 11.9 Å². The largest absolute Gasteiger partial charge is 0.494 e. The fourth-order valence-electron chi connectivity index (χ4n) is 4.69. The Hall–Kier alpha value is -4.00. The lowest BCUT2D eigenvalue weighted by molar-refractivity contribution is 0.0719. The SMILES string of the molecule is CCCCCCCCCCCCCCOc1ccc(C(=O)Oc2ccc(OC(=O)c3ccc(OC)c(OC)c3)cc2)cc1. The van der Waals surface area contributed by atoms with E-state index < -0.39 is 11.9 Å². The zero-order valence-corrected chi connectivity index (χ0v) is 25.9. The molecule has 0 saturated heterocycles. The van der Waals surface area contributed by atoms with Crippen molar-refractivity contribution in [1.29, 1.82) is 0 Å². The monoisotopic (exact) mass is 590 g/mol. The molecule has 0 aliphatic rings. The van der Waals surface area contributed by atoms with Crippen LogP contribution in [0.4, 0.5) is 0 Å². The topological polar surface area (TPSA) is 80.3 Å². The number of hydrogen-bond acceptors (Lipinski definition) is 7. The summed E-state index contributed by atoms with van der Waals surface area (Å²) in [4.78, 5) is 25.1. The summed E-state index contributed by atoms with van der Waals surface area (Å²) in [6.45, 7) is 2.93. The molecule has 3 aromatic rings. The maximum absolute atomic E-state index is 12.6. The van der Waals surface area contributed by atoms with Crippen LogP contribution in [-0.4, -0.2) is 32.8 Å². The van der Waals surface area contributed by atoms with Gasteiger partial charge < -0.3 is 23.7 Å². The third kappa shape index (κ3) is 12.0. The second-order valence-electron chi connectivity index (χ2n) is 10.6. The van der Waals surface area contributed by atoms with E-state index in [9.17, 15) is 9.59 Å². The normalized spacial score (nSPS) is 10.7. The van der Waals surface area contributed by atoms with Crippen molar-refractivity contribution in [3.63, 3.8) is 0 Å². The number of ether oxygens (including phenoxy) is 5. The van der Waals surface area contributed by atoms with Gasteiger partial charge in [0.25, 0.3) is 0 Å². The second kappa shape index (κ2) is 19.2. The van der Waals surface area contributed by atoms with Gasteiger partial charge in [0.1, 0.15) is 17.2 Å². The lowest BCUT2D eigenvalue weighted by Crippen LogP contribution is -2.10.